The monoisotopic (exact) mass is 870 g/mol. The summed E-state index contributed by atoms with van der Waals surface area (Å²) >= 11 is 0. The van der Waals surface area contributed by atoms with Gasteiger partial charge in [0.15, 0.2) is 0 Å². The molecule has 0 unspecified atom stereocenters. The second-order valence-electron chi connectivity index (χ2n) is 18.7. The van der Waals surface area contributed by atoms with Crippen molar-refractivity contribution in [3.8, 4) is 0 Å². The molecule has 0 atom stereocenters. The van der Waals surface area contributed by atoms with E-state index in [2.05, 4.69) is 83.1 Å². The summed E-state index contributed by atoms with van der Waals surface area (Å²) in [6, 6.07) is 0. The third kappa shape index (κ3) is 114. The highest BCUT2D eigenvalue weighted by atomic mass is 14.0. The van der Waals surface area contributed by atoms with Gasteiger partial charge in [-0.1, -0.05) is 391 Å². The largest absolute Gasteiger partial charge is 0.344 e. The van der Waals surface area contributed by atoms with Crippen LogP contribution in [-0.4, -0.2) is 0 Å². The fourth-order valence-corrected chi connectivity index (χ4v) is 7.24. The maximum atomic E-state index is 2.27. The maximum Gasteiger partial charge on any atom is -0.0533 e. The summed E-state index contributed by atoms with van der Waals surface area (Å²) in [4.78, 5) is 0. The van der Waals surface area contributed by atoms with Crippen molar-refractivity contribution in [3.05, 3.63) is 0 Å². The lowest BCUT2D eigenvalue weighted by Gasteiger charge is -1.97. The van der Waals surface area contributed by atoms with Crippen molar-refractivity contribution < 1.29 is 0 Å². The van der Waals surface area contributed by atoms with Crippen molar-refractivity contribution in [2.24, 2.45) is 0 Å². The first kappa shape index (κ1) is 75.3. The molecule has 0 saturated carbocycles. The van der Waals surface area contributed by atoms with Crippen molar-refractivity contribution >= 4 is 0 Å². The molecule has 0 aromatic carbocycles. The van der Waals surface area contributed by atoms with Crippen molar-refractivity contribution in [1.82, 2.24) is 6.15 Å². The molecule has 0 aromatic heterocycles. The Hall–Kier alpha value is -0.0400. The third-order valence-electron chi connectivity index (χ3n) is 11.7. The number of unbranched alkanes of at least 4 members (excludes halogenated alkanes) is 42. The minimum Gasteiger partial charge on any atom is -0.344 e. The summed E-state index contributed by atoms with van der Waals surface area (Å²) in [6.07, 6.45) is 68.8. The van der Waals surface area contributed by atoms with E-state index in [1.807, 2.05) is 0 Å². The molecule has 0 amide bonds. The molecule has 1 nitrogen and oxygen atoms in total. The minimum atomic E-state index is 0. The van der Waals surface area contributed by atoms with Crippen molar-refractivity contribution in [2.45, 2.75) is 391 Å². The van der Waals surface area contributed by atoms with Gasteiger partial charge in [-0.05, 0) is 0 Å². The summed E-state index contributed by atoms with van der Waals surface area (Å²) < 4.78 is 0. The zero-order valence-corrected chi connectivity index (χ0v) is 46.6. The van der Waals surface area contributed by atoms with Gasteiger partial charge in [-0.3, -0.25) is 0 Å². The molecule has 0 aliphatic heterocycles. The van der Waals surface area contributed by atoms with Gasteiger partial charge >= 0.3 is 0 Å². The minimum absolute atomic E-state index is 0. The summed E-state index contributed by atoms with van der Waals surface area (Å²) in [5, 5.41) is 0. The Bertz CT molecular complexity index is 371. The van der Waals surface area contributed by atoms with E-state index >= 15 is 0 Å². The summed E-state index contributed by atoms with van der Waals surface area (Å²) in [7, 11) is 0. The molecule has 0 heterocycles. The van der Waals surface area contributed by atoms with Gasteiger partial charge < -0.3 is 6.15 Å². The lowest BCUT2D eigenvalue weighted by Crippen LogP contribution is -1.77. The molecule has 380 valence electrons. The molecule has 0 radical (unpaired) electrons. The first-order valence-corrected chi connectivity index (χ1v) is 29.5. The molecule has 0 spiro atoms. The van der Waals surface area contributed by atoms with Crippen LogP contribution >= 0.6 is 0 Å². The fourth-order valence-electron chi connectivity index (χ4n) is 7.24. The lowest BCUT2D eigenvalue weighted by molar-refractivity contribution is 0.585. The molecule has 1 heteroatoms. The second-order valence-corrected chi connectivity index (χ2v) is 18.7. The SMILES string of the molecule is CCCCCCCCCC.CCCCCCCCCC.CCCCCCCCCC.CCCCCCCCCC.CCCCCCCCCC.CCCCCCCCCC.N. The highest BCUT2D eigenvalue weighted by Gasteiger charge is 1.92. The van der Waals surface area contributed by atoms with E-state index in [0.29, 0.717) is 0 Å². The van der Waals surface area contributed by atoms with Gasteiger partial charge in [0.1, 0.15) is 0 Å². The molecule has 0 rings (SSSR count). The van der Waals surface area contributed by atoms with Crippen molar-refractivity contribution in [3.63, 3.8) is 0 Å². The molecule has 0 fully saturated rings. The molecule has 61 heavy (non-hydrogen) atoms. The number of hydrogen-bond donors (Lipinski definition) is 1. The standard InChI is InChI=1S/6C10H22.H3N/c6*1-3-5-7-9-10-8-6-4-2;/h6*3-10H2,1-2H3;1H3. The van der Waals surface area contributed by atoms with Crippen LogP contribution in [0.2, 0.25) is 0 Å². The third-order valence-corrected chi connectivity index (χ3v) is 11.7. The van der Waals surface area contributed by atoms with Crippen LogP contribution in [0.1, 0.15) is 391 Å². The zero-order valence-electron chi connectivity index (χ0n) is 46.6. The average molecular weight is 871 g/mol. The van der Waals surface area contributed by atoms with Crippen LogP contribution in [-0.2, 0) is 0 Å². The molecule has 0 aromatic rings. The van der Waals surface area contributed by atoms with Crippen LogP contribution in [0, 0.1) is 0 Å². The smallest absolute Gasteiger partial charge is 0.0533 e. The van der Waals surface area contributed by atoms with Gasteiger partial charge in [0.25, 0.3) is 0 Å². The Morgan fingerprint density at radius 3 is 0.197 bits per heavy atom. The summed E-state index contributed by atoms with van der Waals surface area (Å²) in [6.45, 7) is 27.2. The van der Waals surface area contributed by atoms with Crippen LogP contribution < -0.4 is 6.15 Å². The summed E-state index contributed by atoms with van der Waals surface area (Å²) in [5.41, 5.74) is 0. The summed E-state index contributed by atoms with van der Waals surface area (Å²) in [5.74, 6) is 0. The van der Waals surface area contributed by atoms with Gasteiger partial charge in [0, 0.05) is 0 Å². The predicted octanol–water partition coefficient (Wildman–Crippen LogP) is 25.0. The van der Waals surface area contributed by atoms with Gasteiger partial charge in [-0.15, -0.1) is 0 Å². The van der Waals surface area contributed by atoms with Crippen LogP contribution in [0.5, 0.6) is 0 Å². The Kier molecular flexibility index (Phi) is 112. The van der Waals surface area contributed by atoms with E-state index < -0.39 is 0 Å². The van der Waals surface area contributed by atoms with Crippen LogP contribution in [0.25, 0.3) is 0 Å². The maximum absolute atomic E-state index is 2.27. The zero-order chi connectivity index (χ0) is 45.9. The molecule has 3 N–H and O–H groups in total. The second kappa shape index (κ2) is 90.6. The van der Waals surface area contributed by atoms with E-state index in [1.54, 1.807) is 0 Å². The van der Waals surface area contributed by atoms with Gasteiger partial charge in [0.05, 0.1) is 0 Å². The number of hydrogen-bond acceptors (Lipinski definition) is 1. The van der Waals surface area contributed by atoms with E-state index in [1.165, 1.54) is 308 Å². The molecule has 0 aliphatic carbocycles. The Balaban J connectivity index is -0.000000114. The van der Waals surface area contributed by atoms with E-state index in [0.717, 1.165) is 0 Å². The van der Waals surface area contributed by atoms with E-state index in [-0.39, 0.29) is 6.15 Å². The fraction of sp³-hybridized carbons (Fsp3) is 1.00. The van der Waals surface area contributed by atoms with Crippen molar-refractivity contribution in [2.75, 3.05) is 0 Å². The van der Waals surface area contributed by atoms with Crippen molar-refractivity contribution in [1.29, 1.82) is 0 Å². The van der Waals surface area contributed by atoms with Gasteiger partial charge in [-0.25, -0.2) is 0 Å². The van der Waals surface area contributed by atoms with E-state index in [4.69, 9.17) is 0 Å². The molecular formula is C60H135N. The van der Waals surface area contributed by atoms with Gasteiger partial charge in [0.2, 0.25) is 0 Å². The molecule has 0 aliphatic rings. The van der Waals surface area contributed by atoms with Gasteiger partial charge in [-0.2, -0.15) is 0 Å². The molecule has 0 bridgehead atoms. The van der Waals surface area contributed by atoms with E-state index in [9.17, 15) is 0 Å². The molecular weight excluding hydrogens is 735 g/mol. The number of rotatable bonds is 42. The Morgan fingerprint density at radius 2 is 0.148 bits per heavy atom. The normalized spacial score (nSPS) is 10.0. The predicted molar refractivity (Wildman–Crippen MR) is 295 cm³/mol. The molecule has 0 saturated heterocycles. The van der Waals surface area contributed by atoms with Crippen LogP contribution in [0.3, 0.4) is 0 Å². The quantitative estimate of drug-likeness (QED) is 0.0610. The van der Waals surface area contributed by atoms with Crippen LogP contribution in [0.4, 0.5) is 0 Å². The average Bonchev–Trinajstić information content (AvgIpc) is 3.27. The Labute approximate surface area is 395 Å². The highest BCUT2D eigenvalue weighted by molar-refractivity contribution is 4.47. The topological polar surface area (TPSA) is 35.0 Å². The van der Waals surface area contributed by atoms with Crippen LogP contribution in [0.15, 0.2) is 0 Å². The highest BCUT2D eigenvalue weighted by Crippen LogP contribution is 2.11. The first-order valence-electron chi connectivity index (χ1n) is 29.5. The lowest BCUT2D eigenvalue weighted by atomic mass is 10.1. The Morgan fingerprint density at radius 1 is 0.0984 bits per heavy atom. The first-order chi connectivity index (χ1) is 29.5.